The first-order valence-corrected chi connectivity index (χ1v) is 18.3. The third-order valence-electron chi connectivity index (χ3n) is 7.40. The van der Waals surface area contributed by atoms with Gasteiger partial charge in [0.1, 0.15) is 17.0 Å². The Kier molecular flexibility index (Phi) is 15.7. The number of hydrogen-bond acceptors (Lipinski definition) is 10. The van der Waals surface area contributed by atoms with E-state index in [1.807, 2.05) is 30.3 Å². The SMILES string of the molecule is COc1cc(C)c(S(=O)(=O)NC(=NCCC[C@H](NC(=O)OC(C)(C)C)C(O)C(=O)NCCCc2ccccc2)NC(=O)OC(C)(C)C)c(C)c1C. The van der Waals surface area contributed by atoms with Crippen LogP contribution in [0.15, 0.2) is 46.3 Å². The number of methoxy groups -OCH3 is 1. The van der Waals surface area contributed by atoms with Gasteiger partial charge in [0.25, 0.3) is 15.9 Å². The van der Waals surface area contributed by atoms with Gasteiger partial charge in [-0.15, -0.1) is 0 Å². The summed E-state index contributed by atoms with van der Waals surface area (Å²) in [6, 6.07) is 10.3. The van der Waals surface area contributed by atoms with Gasteiger partial charge >= 0.3 is 12.2 Å². The lowest BCUT2D eigenvalue weighted by Crippen LogP contribution is -2.51. The van der Waals surface area contributed by atoms with E-state index < -0.39 is 57.4 Å². The minimum absolute atomic E-state index is 0.000911. The maximum Gasteiger partial charge on any atom is 0.414 e. The Labute approximate surface area is 302 Å². The Hall–Kier alpha value is -4.37. The number of carbonyl (C=O) groups is 3. The van der Waals surface area contributed by atoms with Gasteiger partial charge in [0.2, 0.25) is 5.96 Å². The minimum atomic E-state index is -4.27. The predicted molar refractivity (Wildman–Crippen MR) is 195 cm³/mol. The standard InChI is InChI=1S/C36H55N5O9S/c1-23-22-28(48-10)24(2)25(3)30(23)51(46,47)41-32(40-34(45)50-36(7,8)9)38-21-15-19-27(39-33(44)49-35(4,5)6)29(42)31(43)37-20-14-18-26-16-12-11-13-17-26/h11-13,16-17,22,27,29,42H,14-15,18-21H2,1-10H3,(H,37,43)(H,39,44)(H2,38,40,41,45)/t27-,29?/m0/s1. The summed E-state index contributed by atoms with van der Waals surface area (Å²) in [5, 5.41) is 18.6. The van der Waals surface area contributed by atoms with Gasteiger partial charge in [0.05, 0.1) is 18.0 Å². The molecule has 0 heterocycles. The summed E-state index contributed by atoms with van der Waals surface area (Å²) >= 11 is 0. The van der Waals surface area contributed by atoms with Gasteiger partial charge in [-0.25, -0.2) is 22.7 Å². The number of guanidine groups is 1. The summed E-state index contributed by atoms with van der Waals surface area (Å²) in [6.45, 7) is 15.3. The van der Waals surface area contributed by atoms with Gasteiger partial charge in [-0.05, 0) is 116 Å². The van der Waals surface area contributed by atoms with Crippen molar-refractivity contribution < 1.29 is 42.1 Å². The summed E-state index contributed by atoms with van der Waals surface area (Å²) < 4.78 is 45.7. The van der Waals surface area contributed by atoms with Crippen LogP contribution in [0.1, 0.15) is 83.1 Å². The molecule has 2 rings (SSSR count). The van der Waals surface area contributed by atoms with Crippen LogP contribution in [0.2, 0.25) is 0 Å². The maximum absolute atomic E-state index is 13.7. The molecule has 0 bridgehead atoms. The quantitative estimate of drug-likeness (QED) is 0.105. The van der Waals surface area contributed by atoms with E-state index >= 15 is 0 Å². The first-order valence-electron chi connectivity index (χ1n) is 16.8. The average molecular weight is 734 g/mol. The molecule has 0 spiro atoms. The molecule has 3 amide bonds. The van der Waals surface area contributed by atoms with Crippen molar-refractivity contribution in [3.63, 3.8) is 0 Å². The molecule has 51 heavy (non-hydrogen) atoms. The Morgan fingerprint density at radius 2 is 1.51 bits per heavy atom. The van der Waals surface area contributed by atoms with Crippen molar-refractivity contribution in [1.29, 1.82) is 0 Å². The summed E-state index contributed by atoms with van der Waals surface area (Å²) in [7, 11) is -2.78. The Morgan fingerprint density at radius 3 is 2.10 bits per heavy atom. The third kappa shape index (κ3) is 14.8. The molecule has 1 unspecified atom stereocenters. The monoisotopic (exact) mass is 733 g/mol. The number of benzene rings is 2. The zero-order valence-electron chi connectivity index (χ0n) is 31.4. The van der Waals surface area contributed by atoms with Crippen LogP contribution in [0.25, 0.3) is 0 Å². The molecule has 2 aromatic rings. The minimum Gasteiger partial charge on any atom is -0.496 e. The predicted octanol–water partition coefficient (Wildman–Crippen LogP) is 4.56. The van der Waals surface area contributed by atoms with Crippen LogP contribution in [-0.4, -0.2) is 81.1 Å². The lowest BCUT2D eigenvalue weighted by molar-refractivity contribution is -0.130. The second-order valence-electron chi connectivity index (χ2n) is 14.2. The number of hydrogen-bond donors (Lipinski definition) is 5. The van der Waals surface area contributed by atoms with Crippen LogP contribution in [0.3, 0.4) is 0 Å². The molecular formula is C36H55N5O9S. The van der Waals surface area contributed by atoms with E-state index in [4.69, 9.17) is 14.2 Å². The molecule has 0 saturated carbocycles. The van der Waals surface area contributed by atoms with Gasteiger partial charge < -0.3 is 30.0 Å². The van der Waals surface area contributed by atoms with Gasteiger partial charge in [-0.1, -0.05) is 30.3 Å². The maximum atomic E-state index is 13.7. The van der Waals surface area contributed by atoms with Crippen LogP contribution in [0.4, 0.5) is 9.59 Å². The molecule has 0 fully saturated rings. The van der Waals surface area contributed by atoms with Crippen LogP contribution >= 0.6 is 0 Å². The van der Waals surface area contributed by atoms with Crippen LogP contribution in [0, 0.1) is 20.8 Å². The van der Waals surface area contributed by atoms with E-state index in [2.05, 4.69) is 25.7 Å². The molecule has 2 atom stereocenters. The molecular weight excluding hydrogens is 678 g/mol. The molecule has 14 nitrogen and oxygen atoms in total. The molecule has 284 valence electrons. The highest BCUT2D eigenvalue weighted by Gasteiger charge is 2.30. The van der Waals surface area contributed by atoms with Crippen molar-refractivity contribution in [3.8, 4) is 5.75 Å². The zero-order valence-corrected chi connectivity index (χ0v) is 32.2. The fraction of sp³-hybridized carbons (Fsp3) is 0.556. The smallest absolute Gasteiger partial charge is 0.414 e. The number of aryl methyl sites for hydroxylation is 2. The lowest BCUT2D eigenvalue weighted by atomic mass is 10.0. The number of rotatable bonds is 14. The highest BCUT2D eigenvalue weighted by Crippen LogP contribution is 2.30. The van der Waals surface area contributed by atoms with Gasteiger partial charge in [-0.3, -0.25) is 15.1 Å². The van der Waals surface area contributed by atoms with E-state index in [9.17, 15) is 27.9 Å². The lowest BCUT2D eigenvalue weighted by Gasteiger charge is -2.26. The number of amides is 3. The van der Waals surface area contributed by atoms with Gasteiger partial charge in [0.15, 0.2) is 6.10 Å². The molecule has 2 aromatic carbocycles. The number of carbonyl (C=O) groups excluding carboxylic acids is 3. The highest BCUT2D eigenvalue weighted by molar-refractivity contribution is 7.90. The number of aliphatic hydroxyl groups is 1. The van der Waals surface area contributed by atoms with Gasteiger partial charge in [0, 0.05) is 13.1 Å². The summed E-state index contributed by atoms with van der Waals surface area (Å²) in [5.41, 5.74) is 0.908. The van der Waals surface area contributed by atoms with E-state index in [1.165, 1.54) is 7.11 Å². The molecule has 0 aliphatic carbocycles. The molecule has 0 aromatic heterocycles. The molecule has 0 aliphatic rings. The van der Waals surface area contributed by atoms with Crippen molar-refractivity contribution in [2.24, 2.45) is 4.99 Å². The molecule has 5 N–H and O–H groups in total. The van der Waals surface area contributed by atoms with Crippen molar-refractivity contribution in [2.45, 2.75) is 116 Å². The number of aliphatic imine (C=N–C) groups is 1. The normalized spacial score (nSPS) is 13.4. The number of sulfonamides is 1. The second kappa shape index (κ2) is 18.7. The summed E-state index contributed by atoms with van der Waals surface area (Å²) in [6.07, 6.45) is -1.82. The van der Waals surface area contributed by atoms with Crippen molar-refractivity contribution in [3.05, 3.63) is 58.7 Å². The van der Waals surface area contributed by atoms with E-state index in [1.54, 1.807) is 68.4 Å². The van der Waals surface area contributed by atoms with E-state index in [-0.39, 0.29) is 24.3 Å². The zero-order chi connectivity index (χ0) is 38.6. The molecule has 0 saturated heterocycles. The average Bonchev–Trinajstić information content (AvgIpc) is 3.00. The Morgan fingerprint density at radius 1 is 0.902 bits per heavy atom. The van der Waals surface area contributed by atoms with Crippen LogP contribution in [-0.2, 0) is 30.7 Å². The molecule has 0 aliphatic heterocycles. The van der Waals surface area contributed by atoms with E-state index in [0.717, 1.165) is 12.0 Å². The second-order valence-corrected chi connectivity index (χ2v) is 15.8. The summed E-state index contributed by atoms with van der Waals surface area (Å²) in [5.74, 6) is -0.541. The first kappa shape index (κ1) is 42.8. The third-order valence-corrected chi connectivity index (χ3v) is 9.02. The van der Waals surface area contributed by atoms with Crippen LogP contribution < -0.4 is 25.4 Å². The summed E-state index contributed by atoms with van der Waals surface area (Å²) in [4.78, 5) is 42.5. The topological polar surface area (TPSA) is 194 Å². The van der Waals surface area contributed by atoms with Crippen LogP contribution in [0.5, 0.6) is 5.75 Å². The number of alkyl carbamates (subject to hydrolysis) is 2. The number of nitrogens with one attached hydrogen (secondary N) is 4. The van der Waals surface area contributed by atoms with Gasteiger partial charge in [-0.2, -0.15) is 0 Å². The van der Waals surface area contributed by atoms with Crippen molar-refractivity contribution >= 4 is 34.1 Å². The van der Waals surface area contributed by atoms with E-state index in [0.29, 0.717) is 35.4 Å². The Bertz CT molecular complexity index is 1630. The molecule has 15 heteroatoms. The number of aliphatic hydroxyl groups excluding tert-OH is 1. The first-order chi connectivity index (χ1) is 23.6. The number of nitrogens with zero attached hydrogens (tertiary/aromatic N) is 1. The highest BCUT2D eigenvalue weighted by atomic mass is 32.2. The fourth-order valence-corrected chi connectivity index (χ4v) is 6.54. The Balaban J connectivity index is 2.25. The van der Waals surface area contributed by atoms with Crippen molar-refractivity contribution in [2.75, 3.05) is 20.2 Å². The molecule has 0 radical (unpaired) electrons. The largest absolute Gasteiger partial charge is 0.496 e. The van der Waals surface area contributed by atoms with Crippen molar-refractivity contribution in [1.82, 2.24) is 20.7 Å². The fourth-order valence-electron chi connectivity index (χ4n) is 5.03. The number of ether oxygens (including phenoxy) is 3.